The van der Waals surface area contributed by atoms with Crippen molar-refractivity contribution in [2.75, 3.05) is 26.8 Å². The van der Waals surface area contributed by atoms with Crippen molar-refractivity contribution in [3.63, 3.8) is 0 Å². The van der Waals surface area contributed by atoms with E-state index in [9.17, 15) is 14.4 Å². The predicted octanol–water partition coefficient (Wildman–Crippen LogP) is 1.77. The monoisotopic (exact) mass is 543 g/mol. The Morgan fingerprint density at radius 3 is 2.64 bits per heavy atom. The fourth-order valence-corrected chi connectivity index (χ4v) is 5.94. The lowest BCUT2D eigenvalue weighted by Gasteiger charge is -2.60. The quantitative estimate of drug-likeness (QED) is 0.385. The van der Waals surface area contributed by atoms with Gasteiger partial charge in [-0.05, 0) is 68.4 Å². The second-order valence-corrected chi connectivity index (χ2v) is 12.1. The number of nitrogens with one attached hydrogen (secondary N) is 1. The zero-order valence-electron chi connectivity index (χ0n) is 23.5. The lowest BCUT2D eigenvalue weighted by atomic mass is 9.46. The third-order valence-electron chi connectivity index (χ3n) is 8.40. The molecule has 3 saturated carbocycles. The molecular formula is C27H41N7O5. The van der Waals surface area contributed by atoms with Crippen LogP contribution in [-0.2, 0) is 25.7 Å². The average molecular weight is 544 g/mol. The standard InChI is InChI=1S/C27H41N7O5/c1-26(2)17-10-9-16(19(26)11-17)13-38-15-20(30-24(36)27(3,4)29)23-32-31-22-8-6-7-18(34(22)23)14-39-25(37)33(5)12-21(28)35/h6-8,16-17,19-20H,9-15,29H2,1-5H3,(H2,28,35)(H,30,36)/t16-,17+,19+,20-/m1/s1. The maximum absolute atomic E-state index is 12.9. The summed E-state index contributed by atoms with van der Waals surface area (Å²) in [5, 5.41) is 11.6. The van der Waals surface area contributed by atoms with Crippen LogP contribution < -0.4 is 16.8 Å². The molecule has 0 unspecified atom stereocenters. The molecule has 3 fully saturated rings. The van der Waals surface area contributed by atoms with Gasteiger partial charge in [0.15, 0.2) is 11.5 Å². The van der Waals surface area contributed by atoms with Crippen molar-refractivity contribution < 1.29 is 23.9 Å². The molecule has 2 heterocycles. The molecule has 3 amide bonds. The molecule has 2 aromatic rings. The van der Waals surface area contributed by atoms with E-state index in [0.717, 1.165) is 17.2 Å². The highest BCUT2D eigenvalue weighted by molar-refractivity contribution is 5.85. The smallest absolute Gasteiger partial charge is 0.410 e. The number of amides is 3. The lowest BCUT2D eigenvalue weighted by Crippen LogP contribution is -2.53. The van der Waals surface area contributed by atoms with Gasteiger partial charge in [0.25, 0.3) is 0 Å². The Kier molecular flexibility index (Phi) is 8.17. The third kappa shape index (κ3) is 6.17. The van der Waals surface area contributed by atoms with Gasteiger partial charge in [-0.15, -0.1) is 10.2 Å². The Bertz CT molecular complexity index is 1220. The first-order valence-corrected chi connectivity index (χ1v) is 13.5. The number of nitrogens with two attached hydrogens (primary N) is 2. The lowest BCUT2D eigenvalue weighted by molar-refractivity contribution is -0.129. The number of hydrogen-bond donors (Lipinski definition) is 3. The van der Waals surface area contributed by atoms with E-state index in [4.69, 9.17) is 20.9 Å². The van der Waals surface area contributed by atoms with Crippen LogP contribution in [0.1, 0.15) is 64.5 Å². The van der Waals surface area contributed by atoms with Crippen LogP contribution in [0.25, 0.3) is 5.65 Å². The Labute approximate surface area is 228 Å². The predicted molar refractivity (Wildman–Crippen MR) is 143 cm³/mol. The van der Waals surface area contributed by atoms with E-state index in [-0.39, 0.29) is 25.7 Å². The highest BCUT2D eigenvalue weighted by atomic mass is 16.6. The summed E-state index contributed by atoms with van der Waals surface area (Å²) in [4.78, 5) is 37.5. The molecule has 12 heteroatoms. The zero-order chi connectivity index (χ0) is 28.5. The van der Waals surface area contributed by atoms with Crippen molar-refractivity contribution in [3.8, 4) is 0 Å². The number of nitrogens with zero attached hydrogens (tertiary/aromatic N) is 4. The van der Waals surface area contributed by atoms with Crippen LogP contribution in [0.15, 0.2) is 18.2 Å². The Morgan fingerprint density at radius 2 is 2.00 bits per heavy atom. The SMILES string of the molecule is CN(CC(N)=O)C(=O)OCc1cccc2nnc([C@@H](COC[C@H]3CC[C@H]4C[C@@H]3C4(C)C)NC(=O)C(C)(C)N)n12. The van der Waals surface area contributed by atoms with Crippen LogP contribution >= 0.6 is 0 Å². The van der Waals surface area contributed by atoms with Crippen molar-refractivity contribution in [2.24, 2.45) is 34.6 Å². The summed E-state index contributed by atoms with van der Waals surface area (Å²) >= 11 is 0. The molecule has 214 valence electrons. The molecule has 0 radical (unpaired) electrons. The van der Waals surface area contributed by atoms with Crippen LogP contribution in [0.4, 0.5) is 4.79 Å². The minimum absolute atomic E-state index is 0.117. The largest absolute Gasteiger partial charge is 0.443 e. The second-order valence-electron chi connectivity index (χ2n) is 12.1. The number of rotatable bonds is 11. The normalized spacial score (nSPS) is 22.6. The molecule has 0 saturated heterocycles. The molecule has 4 atom stereocenters. The molecule has 2 bridgehead atoms. The molecule has 39 heavy (non-hydrogen) atoms. The maximum atomic E-state index is 12.9. The summed E-state index contributed by atoms with van der Waals surface area (Å²) in [6.45, 7) is 8.38. The van der Waals surface area contributed by atoms with E-state index in [2.05, 4.69) is 29.4 Å². The van der Waals surface area contributed by atoms with E-state index < -0.39 is 23.6 Å². The van der Waals surface area contributed by atoms with Crippen LogP contribution in [-0.4, -0.2) is 69.8 Å². The first kappa shape index (κ1) is 28.8. The molecule has 2 aromatic heterocycles. The van der Waals surface area contributed by atoms with E-state index in [0.29, 0.717) is 41.0 Å². The minimum atomic E-state index is -1.11. The maximum Gasteiger partial charge on any atom is 0.410 e. The third-order valence-corrected chi connectivity index (χ3v) is 8.40. The van der Waals surface area contributed by atoms with Gasteiger partial charge in [-0.25, -0.2) is 4.79 Å². The van der Waals surface area contributed by atoms with Crippen molar-refractivity contribution >= 4 is 23.6 Å². The van der Waals surface area contributed by atoms with Gasteiger partial charge in [0.2, 0.25) is 11.8 Å². The minimum Gasteiger partial charge on any atom is -0.443 e. The van der Waals surface area contributed by atoms with Crippen LogP contribution in [0, 0.1) is 23.2 Å². The van der Waals surface area contributed by atoms with E-state index in [1.807, 2.05) is 0 Å². The van der Waals surface area contributed by atoms with E-state index in [1.54, 1.807) is 36.4 Å². The molecule has 12 nitrogen and oxygen atoms in total. The van der Waals surface area contributed by atoms with E-state index >= 15 is 0 Å². The fraction of sp³-hybridized carbons (Fsp3) is 0.667. The summed E-state index contributed by atoms with van der Waals surface area (Å²) in [5.74, 6) is 1.37. The number of carbonyl (C=O) groups excluding carboxylic acids is 3. The van der Waals surface area contributed by atoms with Gasteiger partial charge in [0.05, 0.1) is 17.8 Å². The van der Waals surface area contributed by atoms with Gasteiger partial charge in [-0.1, -0.05) is 19.9 Å². The van der Waals surface area contributed by atoms with Gasteiger partial charge in [-0.3, -0.25) is 14.0 Å². The molecule has 0 aliphatic heterocycles. The average Bonchev–Trinajstić information content (AvgIpc) is 3.30. The summed E-state index contributed by atoms with van der Waals surface area (Å²) in [6, 6.07) is 4.67. The zero-order valence-corrected chi connectivity index (χ0v) is 23.5. The Hall–Kier alpha value is -3.25. The van der Waals surface area contributed by atoms with E-state index in [1.165, 1.54) is 19.9 Å². The van der Waals surface area contributed by atoms with Crippen LogP contribution in [0.5, 0.6) is 0 Å². The molecular weight excluding hydrogens is 502 g/mol. The van der Waals surface area contributed by atoms with Gasteiger partial charge in [0.1, 0.15) is 19.2 Å². The number of fused-ring (bicyclic) bond motifs is 3. The van der Waals surface area contributed by atoms with Crippen molar-refractivity contribution in [3.05, 3.63) is 29.7 Å². The van der Waals surface area contributed by atoms with Gasteiger partial charge in [0, 0.05) is 13.7 Å². The molecule has 5 rings (SSSR count). The summed E-state index contributed by atoms with van der Waals surface area (Å²) in [5.41, 5.74) is 11.6. The summed E-state index contributed by atoms with van der Waals surface area (Å²) < 4.78 is 13.4. The molecule has 3 aliphatic rings. The van der Waals surface area contributed by atoms with Crippen molar-refractivity contribution in [1.82, 2.24) is 24.8 Å². The summed E-state index contributed by atoms with van der Waals surface area (Å²) in [6.07, 6.45) is 2.94. The first-order chi connectivity index (χ1) is 18.3. The number of pyridine rings is 1. The number of likely N-dealkylation sites (N-methyl/N-ethyl adjacent to an activating group) is 1. The molecule has 3 aliphatic carbocycles. The molecule has 5 N–H and O–H groups in total. The van der Waals surface area contributed by atoms with Crippen LogP contribution in [0.2, 0.25) is 0 Å². The highest BCUT2D eigenvalue weighted by Crippen LogP contribution is 2.61. The molecule has 0 aromatic carbocycles. The number of ether oxygens (including phenoxy) is 2. The van der Waals surface area contributed by atoms with Crippen molar-refractivity contribution in [2.45, 2.75) is 65.1 Å². The number of carbonyl (C=O) groups is 3. The second kappa shape index (κ2) is 11.1. The topological polar surface area (TPSA) is 167 Å². The number of hydrogen-bond acceptors (Lipinski definition) is 8. The Morgan fingerprint density at radius 1 is 1.26 bits per heavy atom. The Balaban J connectivity index is 1.52. The summed E-state index contributed by atoms with van der Waals surface area (Å²) in [7, 11) is 1.42. The molecule has 0 spiro atoms. The van der Waals surface area contributed by atoms with Crippen molar-refractivity contribution in [1.29, 1.82) is 0 Å². The number of primary amides is 1. The first-order valence-electron chi connectivity index (χ1n) is 13.5. The van der Waals surface area contributed by atoms with Crippen LogP contribution in [0.3, 0.4) is 0 Å². The fourth-order valence-electron chi connectivity index (χ4n) is 5.94. The number of aromatic nitrogens is 3. The van der Waals surface area contributed by atoms with Gasteiger partial charge >= 0.3 is 6.09 Å². The van der Waals surface area contributed by atoms with Gasteiger partial charge in [-0.2, -0.15) is 0 Å². The highest BCUT2D eigenvalue weighted by Gasteiger charge is 2.54. The van der Waals surface area contributed by atoms with Gasteiger partial charge < -0.3 is 31.2 Å².